The number of rotatable bonds is 6. The number of nitrogens with one attached hydrogen (secondary N) is 3. The van der Waals surface area contributed by atoms with Crippen LogP contribution in [0, 0.1) is 0 Å². The standard InChI is InChI=1S/C7H17N3O3S/c1-6(7(11)8-2)9-4-5-10-14(3,12)13/h6,9-10H,4-5H2,1-3H3,(H,8,11). The third-order valence-corrected chi connectivity index (χ3v) is 2.31. The maximum atomic E-state index is 11.0. The van der Waals surface area contributed by atoms with E-state index in [-0.39, 0.29) is 18.5 Å². The minimum atomic E-state index is -3.14. The molecule has 0 saturated carbocycles. The van der Waals surface area contributed by atoms with E-state index in [1.165, 1.54) is 0 Å². The number of hydrogen-bond acceptors (Lipinski definition) is 4. The molecule has 0 aliphatic carbocycles. The zero-order valence-corrected chi connectivity index (χ0v) is 9.44. The number of carbonyl (C=O) groups excluding carboxylic acids is 1. The fourth-order valence-electron chi connectivity index (χ4n) is 0.834. The lowest BCUT2D eigenvalue weighted by Crippen LogP contribution is -2.43. The molecule has 0 bridgehead atoms. The summed E-state index contributed by atoms with van der Waals surface area (Å²) >= 11 is 0. The van der Waals surface area contributed by atoms with Crippen molar-refractivity contribution in [2.45, 2.75) is 13.0 Å². The second-order valence-electron chi connectivity index (χ2n) is 2.96. The van der Waals surface area contributed by atoms with Crippen LogP contribution in [0.25, 0.3) is 0 Å². The molecule has 1 amide bonds. The van der Waals surface area contributed by atoms with Crippen LogP contribution < -0.4 is 15.4 Å². The Morgan fingerprint density at radius 3 is 2.36 bits per heavy atom. The average Bonchev–Trinajstić information content (AvgIpc) is 2.09. The number of amides is 1. The molecule has 0 saturated heterocycles. The first-order valence-electron chi connectivity index (χ1n) is 4.26. The van der Waals surface area contributed by atoms with Crippen molar-refractivity contribution in [1.29, 1.82) is 0 Å². The van der Waals surface area contributed by atoms with Crippen LogP contribution in [0.15, 0.2) is 0 Å². The van der Waals surface area contributed by atoms with Crippen molar-refractivity contribution in [3.8, 4) is 0 Å². The van der Waals surface area contributed by atoms with E-state index in [0.717, 1.165) is 6.26 Å². The molecule has 0 rings (SSSR count). The lowest BCUT2D eigenvalue weighted by Gasteiger charge is -2.11. The van der Waals surface area contributed by atoms with Gasteiger partial charge >= 0.3 is 0 Å². The molecule has 0 aromatic carbocycles. The molecule has 0 aromatic heterocycles. The van der Waals surface area contributed by atoms with E-state index < -0.39 is 10.0 Å². The van der Waals surface area contributed by atoms with E-state index >= 15 is 0 Å². The van der Waals surface area contributed by atoms with Crippen LogP contribution in [-0.2, 0) is 14.8 Å². The lowest BCUT2D eigenvalue weighted by molar-refractivity contribution is -0.122. The summed E-state index contributed by atoms with van der Waals surface area (Å²) in [5, 5.41) is 5.35. The quantitative estimate of drug-likeness (QED) is 0.466. The molecule has 84 valence electrons. The van der Waals surface area contributed by atoms with Gasteiger partial charge in [0.15, 0.2) is 0 Å². The van der Waals surface area contributed by atoms with Crippen LogP contribution in [-0.4, -0.2) is 46.8 Å². The second kappa shape index (κ2) is 5.94. The van der Waals surface area contributed by atoms with Gasteiger partial charge in [0, 0.05) is 20.1 Å². The molecule has 0 fully saturated rings. The Morgan fingerprint density at radius 2 is 1.93 bits per heavy atom. The normalized spacial score (nSPS) is 13.6. The first-order valence-corrected chi connectivity index (χ1v) is 6.15. The fraction of sp³-hybridized carbons (Fsp3) is 0.857. The van der Waals surface area contributed by atoms with Gasteiger partial charge in [0.05, 0.1) is 12.3 Å². The molecule has 7 heteroatoms. The van der Waals surface area contributed by atoms with Gasteiger partial charge in [-0.05, 0) is 6.92 Å². The van der Waals surface area contributed by atoms with Crippen LogP contribution in [0.4, 0.5) is 0 Å². The van der Waals surface area contributed by atoms with Gasteiger partial charge in [-0.1, -0.05) is 0 Å². The van der Waals surface area contributed by atoms with E-state index in [1.54, 1.807) is 14.0 Å². The highest BCUT2D eigenvalue weighted by atomic mass is 32.2. The molecule has 0 aliphatic heterocycles. The Morgan fingerprint density at radius 1 is 1.36 bits per heavy atom. The van der Waals surface area contributed by atoms with Gasteiger partial charge in [0.25, 0.3) is 0 Å². The van der Waals surface area contributed by atoms with Crippen LogP contribution >= 0.6 is 0 Å². The summed E-state index contributed by atoms with van der Waals surface area (Å²) < 4.78 is 23.6. The smallest absolute Gasteiger partial charge is 0.236 e. The molecule has 1 atom stereocenters. The van der Waals surface area contributed by atoms with Crippen LogP contribution in [0.1, 0.15) is 6.92 Å². The maximum absolute atomic E-state index is 11.0. The van der Waals surface area contributed by atoms with E-state index in [1.807, 2.05) is 0 Å². The lowest BCUT2D eigenvalue weighted by atomic mass is 10.3. The van der Waals surface area contributed by atoms with Gasteiger partial charge in [0.2, 0.25) is 15.9 Å². The molecule has 0 aliphatic rings. The fourth-order valence-corrected chi connectivity index (χ4v) is 1.31. The van der Waals surface area contributed by atoms with Gasteiger partial charge in [-0.25, -0.2) is 13.1 Å². The number of likely N-dealkylation sites (N-methyl/N-ethyl adjacent to an activating group) is 1. The SMILES string of the molecule is CNC(=O)C(C)NCCNS(C)(=O)=O. The van der Waals surface area contributed by atoms with Crippen molar-refractivity contribution >= 4 is 15.9 Å². The first-order chi connectivity index (χ1) is 6.37. The Balaban J connectivity index is 3.60. The number of hydrogen-bond donors (Lipinski definition) is 3. The zero-order chi connectivity index (χ0) is 11.2. The minimum Gasteiger partial charge on any atom is -0.358 e. The van der Waals surface area contributed by atoms with Crippen LogP contribution in [0.3, 0.4) is 0 Å². The highest BCUT2D eigenvalue weighted by Crippen LogP contribution is 1.79. The third kappa shape index (κ3) is 6.81. The average molecular weight is 223 g/mol. The highest BCUT2D eigenvalue weighted by Gasteiger charge is 2.09. The summed E-state index contributed by atoms with van der Waals surface area (Å²) in [4.78, 5) is 11.0. The van der Waals surface area contributed by atoms with Crippen molar-refractivity contribution < 1.29 is 13.2 Å². The largest absolute Gasteiger partial charge is 0.358 e. The minimum absolute atomic E-state index is 0.121. The van der Waals surface area contributed by atoms with Crippen molar-refractivity contribution in [3.63, 3.8) is 0 Å². The summed E-state index contributed by atoms with van der Waals surface area (Å²) in [6.45, 7) is 2.40. The molecule has 1 unspecified atom stereocenters. The monoisotopic (exact) mass is 223 g/mol. The molecular weight excluding hydrogens is 206 g/mol. The van der Waals surface area contributed by atoms with Gasteiger partial charge in [-0.3, -0.25) is 4.79 Å². The zero-order valence-electron chi connectivity index (χ0n) is 8.62. The first kappa shape index (κ1) is 13.3. The molecule has 0 radical (unpaired) electrons. The predicted molar refractivity (Wildman–Crippen MR) is 54.4 cm³/mol. The Bertz CT molecular complexity index is 276. The van der Waals surface area contributed by atoms with Gasteiger partial charge in [-0.2, -0.15) is 0 Å². The molecular formula is C7H17N3O3S. The van der Waals surface area contributed by atoms with Crippen LogP contribution in [0.2, 0.25) is 0 Å². The van der Waals surface area contributed by atoms with Crippen molar-refractivity contribution in [1.82, 2.24) is 15.4 Å². The molecule has 0 spiro atoms. The molecule has 14 heavy (non-hydrogen) atoms. The summed E-state index contributed by atoms with van der Waals surface area (Å²) in [6, 6.07) is -0.318. The number of sulfonamides is 1. The predicted octanol–water partition coefficient (Wildman–Crippen LogP) is -1.74. The Kier molecular flexibility index (Phi) is 5.66. The third-order valence-electron chi connectivity index (χ3n) is 1.58. The molecule has 3 N–H and O–H groups in total. The number of carbonyl (C=O) groups is 1. The van der Waals surface area contributed by atoms with Gasteiger partial charge in [-0.15, -0.1) is 0 Å². The maximum Gasteiger partial charge on any atom is 0.236 e. The topological polar surface area (TPSA) is 87.3 Å². The Hall–Kier alpha value is -0.660. The van der Waals surface area contributed by atoms with Gasteiger partial charge < -0.3 is 10.6 Å². The molecule has 0 heterocycles. The van der Waals surface area contributed by atoms with Gasteiger partial charge in [0.1, 0.15) is 0 Å². The molecule has 0 aromatic rings. The van der Waals surface area contributed by atoms with Crippen molar-refractivity contribution in [3.05, 3.63) is 0 Å². The van der Waals surface area contributed by atoms with E-state index in [0.29, 0.717) is 6.54 Å². The van der Waals surface area contributed by atoms with Crippen LogP contribution in [0.5, 0.6) is 0 Å². The van der Waals surface area contributed by atoms with E-state index in [4.69, 9.17) is 0 Å². The highest BCUT2D eigenvalue weighted by molar-refractivity contribution is 7.88. The summed E-state index contributed by atoms with van der Waals surface area (Å²) in [6.07, 6.45) is 1.09. The Labute approximate surface area is 84.5 Å². The summed E-state index contributed by atoms with van der Waals surface area (Å²) in [5.41, 5.74) is 0. The van der Waals surface area contributed by atoms with E-state index in [2.05, 4.69) is 15.4 Å². The molecule has 6 nitrogen and oxygen atoms in total. The van der Waals surface area contributed by atoms with Crippen molar-refractivity contribution in [2.75, 3.05) is 26.4 Å². The van der Waals surface area contributed by atoms with E-state index in [9.17, 15) is 13.2 Å². The van der Waals surface area contributed by atoms with Crippen molar-refractivity contribution in [2.24, 2.45) is 0 Å². The summed E-state index contributed by atoms with van der Waals surface area (Å²) in [5.74, 6) is -0.121. The second-order valence-corrected chi connectivity index (χ2v) is 4.79. The summed E-state index contributed by atoms with van der Waals surface area (Å²) in [7, 11) is -1.59.